The number of rotatable bonds is 3. The molecule has 0 saturated carbocycles. The molecule has 124 valence electrons. The number of nitrogens with zero attached hydrogens (tertiary/aromatic N) is 3. The maximum absolute atomic E-state index is 12.7. The summed E-state index contributed by atoms with van der Waals surface area (Å²) in [5, 5.41) is 0. The summed E-state index contributed by atoms with van der Waals surface area (Å²) in [6, 6.07) is 3.91. The average molecular weight is 317 g/mol. The molecule has 0 radical (unpaired) electrons. The van der Waals surface area contributed by atoms with Crippen LogP contribution in [-0.4, -0.2) is 54.5 Å². The molecule has 0 spiro atoms. The van der Waals surface area contributed by atoms with Crippen LogP contribution in [0, 0.1) is 0 Å². The zero-order valence-corrected chi connectivity index (χ0v) is 13.5. The van der Waals surface area contributed by atoms with Gasteiger partial charge in [0, 0.05) is 26.4 Å². The standard InChI is InChI=1S/C17H23N3O3/c1-23-14-8-2-3-10-19(17(14)22)12-15(21)20-11-5-7-13-6-4-9-18-16(13)20/h4,6,9,14H,2-3,5,7-8,10-12H2,1H3. The molecule has 1 atom stereocenters. The number of carbonyl (C=O) groups excluding carboxylic acids is 2. The van der Waals surface area contributed by atoms with Gasteiger partial charge in [0.2, 0.25) is 5.91 Å². The zero-order chi connectivity index (χ0) is 16.2. The van der Waals surface area contributed by atoms with Crippen molar-refractivity contribution in [2.75, 3.05) is 31.6 Å². The molecule has 0 aliphatic carbocycles. The van der Waals surface area contributed by atoms with E-state index >= 15 is 0 Å². The van der Waals surface area contributed by atoms with Gasteiger partial charge in [-0.1, -0.05) is 6.07 Å². The molecule has 2 aliphatic rings. The van der Waals surface area contributed by atoms with Crippen LogP contribution in [0.25, 0.3) is 0 Å². The van der Waals surface area contributed by atoms with E-state index in [1.54, 1.807) is 23.1 Å². The summed E-state index contributed by atoms with van der Waals surface area (Å²) in [5.74, 6) is 0.612. The van der Waals surface area contributed by atoms with Gasteiger partial charge in [-0.2, -0.15) is 0 Å². The summed E-state index contributed by atoms with van der Waals surface area (Å²) in [6.07, 6.45) is 5.76. The van der Waals surface area contributed by atoms with Gasteiger partial charge in [-0.05, 0) is 43.7 Å². The van der Waals surface area contributed by atoms with Crippen molar-refractivity contribution in [3.63, 3.8) is 0 Å². The van der Waals surface area contributed by atoms with Crippen LogP contribution in [0.15, 0.2) is 18.3 Å². The molecule has 6 heteroatoms. The quantitative estimate of drug-likeness (QED) is 0.845. The summed E-state index contributed by atoms with van der Waals surface area (Å²) in [5.41, 5.74) is 1.10. The first kappa shape index (κ1) is 15.9. The normalized spacial score (nSPS) is 21.8. The Labute approximate surface area is 136 Å². The van der Waals surface area contributed by atoms with Gasteiger partial charge in [0.1, 0.15) is 18.5 Å². The lowest BCUT2D eigenvalue weighted by Crippen LogP contribution is -2.47. The van der Waals surface area contributed by atoms with Crippen molar-refractivity contribution >= 4 is 17.6 Å². The van der Waals surface area contributed by atoms with E-state index < -0.39 is 6.10 Å². The monoisotopic (exact) mass is 317 g/mol. The average Bonchev–Trinajstić information content (AvgIpc) is 2.76. The number of likely N-dealkylation sites (tertiary alicyclic amines) is 1. The minimum Gasteiger partial charge on any atom is -0.372 e. The Morgan fingerprint density at radius 2 is 2.22 bits per heavy atom. The van der Waals surface area contributed by atoms with E-state index in [9.17, 15) is 9.59 Å². The molecule has 3 heterocycles. The van der Waals surface area contributed by atoms with E-state index in [0.29, 0.717) is 13.1 Å². The third-order valence-electron chi connectivity index (χ3n) is 4.59. The van der Waals surface area contributed by atoms with Crippen LogP contribution in [0.5, 0.6) is 0 Å². The first-order chi connectivity index (χ1) is 11.2. The summed E-state index contributed by atoms with van der Waals surface area (Å²) in [4.78, 5) is 32.9. The molecule has 0 N–H and O–H groups in total. The van der Waals surface area contributed by atoms with Crippen molar-refractivity contribution in [2.24, 2.45) is 0 Å². The van der Waals surface area contributed by atoms with Gasteiger partial charge in [-0.15, -0.1) is 0 Å². The Morgan fingerprint density at radius 1 is 1.35 bits per heavy atom. The fraction of sp³-hybridized carbons (Fsp3) is 0.588. The number of methoxy groups -OCH3 is 1. The zero-order valence-electron chi connectivity index (χ0n) is 13.5. The summed E-state index contributed by atoms with van der Waals surface area (Å²) < 4.78 is 5.27. The predicted molar refractivity (Wildman–Crippen MR) is 86.1 cm³/mol. The van der Waals surface area contributed by atoms with Crippen molar-refractivity contribution in [1.82, 2.24) is 9.88 Å². The number of ether oxygens (including phenoxy) is 1. The fourth-order valence-corrected chi connectivity index (χ4v) is 3.34. The van der Waals surface area contributed by atoms with Gasteiger partial charge in [0.25, 0.3) is 5.91 Å². The Bertz CT molecular complexity index is 590. The molecule has 1 aromatic rings. The molecular formula is C17H23N3O3. The molecule has 6 nitrogen and oxygen atoms in total. The number of carbonyl (C=O) groups is 2. The lowest BCUT2D eigenvalue weighted by molar-refractivity contribution is -0.143. The van der Waals surface area contributed by atoms with Crippen LogP contribution in [-0.2, 0) is 20.7 Å². The molecule has 1 aromatic heterocycles. The van der Waals surface area contributed by atoms with Crippen LogP contribution >= 0.6 is 0 Å². The lowest BCUT2D eigenvalue weighted by atomic mass is 10.1. The van der Waals surface area contributed by atoms with Crippen molar-refractivity contribution < 1.29 is 14.3 Å². The molecule has 1 unspecified atom stereocenters. The Kier molecular flexibility index (Phi) is 4.91. The van der Waals surface area contributed by atoms with Crippen LogP contribution in [0.3, 0.4) is 0 Å². The van der Waals surface area contributed by atoms with E-state index in [2.05, 4.69) is 4.98 Å². The van der Waals surface area contributed by atoms with Crippen LogP contribution in [0.1, 0.15) is 31.2 Å². The van der Waals surface area contributed by atoms with Crippen LogP contribution < -0.4 is 4.90 Å². The number of anilines is 1. The number of aryl methyl sites for hydroxylation is 1. The maximum Gasteiger partial charge on any atom is 0.252 e. The molecule has 0 bridgehead atoms. The lowest BCUT2D eigenvalue weighted by Gasteiger charge is -2.31. The van der Waals surface area contributed by atoms with E-state index in [1.165, 1.54) is 0 Å². The largest absolute Gasteiger partial charge is 0.372 e. The molecule has 2 amide bonds. The number of amides is 2. The number of fused-ring (bicyclic) bond motifs is 1. The maximum atomic E-state index is 12.7. The topological polar surface area (TPSA) is 62.7 Å². The second kappa shape index (κ2) is 7.08. The van der Waals surface area contributed by atoms with E-state index in [0.717, 1.165) is 43.5 Å². The van der Waals surface area contributed by atoms with Crippen molar-refractivity contribution in [3.8, 4) is 0 Å². The second-order valence-electron chi connectivity index (χ2n) is 6.11. The highest BCUT2D eigenvalue weighted by atomic mass is 16.5. The van der Waals surface area contributed by atoms with E-state index in [-0.39, 0.29) is 18.4 Å². The van der Waals surface area contributed by atoms with Crippen LogP contribution in [0.4, 0.5) is 5.82 Å². The number of hydrogen-bond donors (Lipinski definition) is 0. The summed E-state index contributed by atoms with van der Waals surface area (Å²) in [7, 11) is 1.55. The smallest absolute Gasteiger partial charge is 0.252 e. The third-order valence-corrected chi connectivity index (χ3v) is 4.59. The first-order valence-corrected chi connectivity index (χ1v) is 8.26. The SMILES string of the molecule is COC1CCCCN(CC(=O)N2CCCc3cccnc32)C1=O. The van der Waals surface area contributed by atoms with E-state index in [1.807, 2.05) is 12.1 Å². The molecular weight excluding hydrogens is 294 g/mol. The minimum absolute atomic E-state index is 0.0604. The Balaban J connectivity index is 1.73. The van der Waals surface area contributed by atoms with Crippen molar-refractivity contribution in [3.05, 3.63) is 23.9 Å². The van der Waals surface area contributed by atoms with Gasteiger partial charge >= 0.3 is 0 Å². The van der Waals surface area contributed by atoms with Gasteiger partial charge in [-0.3, -0.25) is 14.5 Å². The van der Waals surface area contributed by atoms with Gasteiger partial charge in [0.15, 0.2) is 0 Å². The summed E-state index contributed by atoms with van der Waals surface area (Å²) in [6.45, 7) is 1.39. The van der Waals surface area contributed by atoms with Crippen LogP contribution in [0.2, 0.25) is 0 Å². The molecule has 23 heavy (non-hydrogen) atoms. The number of pyridine rings is 1. The predicted octanol–water partition coefficient (Wildman–Crippen LogP) is 1.39. The molecule has 0 aromatic carbocycles. The summed E-state index contributed by atoms with van der Waals surface area (Å²) >= 11 is 0. The Morgan fingerprint density at radius 3 is 3.04 bits per heavy atom. The highest BCUT2D eigenvalue weighted by molar-refractivity contribution is 5.97. The molecule has 1 saturated heterocycles. The molecule has 2 aliphatic heterocycles. The van der Waals surface area contributed by atoms with Gasteiger partial charge in [0.05, 0.1) is 0 Å². The van der Waals surface area contributed by atoms with Crippen molar-refractivity contribution in [2.45, 2.75) is 38.2 Å². The highest BCUT2D eigenvalue weighted by Crippen LogP contribution is 2.24. The minimum atomic E-state index is -0.419. The van der Waals surface area contributed by atoms with Crippen molar-refractivity contribution in [1.29, 1.82) is 0 Å². The number of aromatic nitrogens is 1. The Hall–Kier alpha value is -1.95. The highest BCUT2D eigenvalue weighted by Gasteiger charge is 2.31. The van der Waals surface area contributed by atoms with Gasteiger partial charge in [-0.25, -0.2) is 4.98 Å². The second-order valence-corrected chi connectivity index (χ2v) is 6.11. The molecule has 1 fully saturated rings. The van der Waals surface area contributed by atoms with Gasteiger partial charge < -0.3 is 9.64 Å². The van der Waals surface area contributed by atoms with E-state index in [4.69, 9.17) is 4.74 Å². The number of hydrogen-bond acceptors (Lipinski definition) is 4. The third kappa shape index (κ3) is 3.37. The fourth-order valence-electron chi connectivity index (χ4n) is 3.34. The molecule has 3 rings (SSSR count). The first-order valence-electron chi connectivity index (χ1n) is 8.26.